The Balaban J connectivity index is 1.99. The fourth-order valence-electron chi connectivity index (χ4n) is 2.61. The Bertz CT molecular complexity index is 556. The minimum absolute atomic E-state index is 0.0805. The van der Waals surface area contributed by atoms with Crippen LogP contribution in [0, 0.1) is 17.6 Å². The Morgan fingerprint density at radius 1 is 1.36 bits per heavy atom. The number of carboxylic acid groups (broad SMARTS) is 1. The molecule has 1 aromatic carbocycles. The second-order valence-electron chi connectivity index (χ2n) is 5.63. The molecule has 1 aliphatic rings. The van der Waals surface area contributed by atoms with Gasteiger partial charge in [-0.3, -0.25) is 4.79 Å². The molecule has 0 spiro atoms. The average molecular weight is 311 g/mol. The Morgan fingerprint density at radius 3 is 2.55 bits per heavy atom. The first-order valence-corrected chi connectivity index (χ1v) is 7.42. The van der Waals surface area contributed by atoms with Crippen molar-refractivity contribution < 1.29 is 23.5 Å². The minimum Gasteiger partial charge on any atom is -0.480 e. The number of hydrogen-bond donors (Lipinski definition) is 2. The molecule has 3 unspecified atom stereocenters. The third kappa shape index (κ3) is 3.61. The van der Waals surface area contributed by atoms with Crippen LogP contribution in [0.3, 0.4) is 0 Å². The molecular formula is C16H19F2NO3. The van der Waals surface area contributed by atoms with E-state index in [1.165, 1.54) is 6.07 Å². The Kier molecular flexibility index (Phi) is 5.11. The van der Waals surface area contributed by atoms with Crippen LogP contribution < -0.4 is 5.32 Å². The SMILES string of the molecule is CCCCC(NC(=O)C1CC1c1c(F)cccc1F)C(=O)O. The number of carbonyl (C=O) groups excluding carboxylic acids is 1. The van der Waals surface area contributed by atoms with Gasteiger partial charge in [0, 0.05) is 17.4 Å². The van der Waals surface area contributed by atoms with Crippen molar-refractivity contribution in [2.45, 2.75) is 44.6 Å². The summed E-state index contributed by atoms with van der Waals surface area (Å²) in [6, 6.07) is 2.65. The molecule has 3 atom stereocenters. The molecule has 0 aromatic heterocycles. The maximum absolute atomic E-state index is 13.7. The molecule has 2 N–H and O–H groups in total. The third-order valence-electron chi connectivity index (χ3n) is 3.96. The molecule has 120 valence electrons. The second kappa shape index (κ2) is 6.85. The standard InChI is InChI=1S/C16H19F2NO3/c1-2-3-7-13(16(21)22)19-15(20)10-8-9(10)14-11(17)5-4-6-12(14)18/h4-6,9-10,13H,2-3,7-8H2,1H3,(H,19,20)(H,21,22). The summed E-state index contributed by atoms with van der Waals surface area (Å²) < 4.78 is 27.3. The normalized spacial score (nSPS) is 21.2. The van der Waals surface area contributed by atoms with Gasteiger partial charge in [0.2, 0.25) is 5.91 Å². The monoisotopic (exact) mass is 311 g/mol. The van der Waals surface area contributed by atoms with Crippen LogP contribution in [-0.2, 0) is 9.59 Å². The zero-order valence-electron chi connectivity index (χ0n) is 12.3. The van der Waals surface area contributed by atoms with Gasteiger partial charge in [0.25, 0.3) is 0 Å². The molecule has 1 aliphatic carbocycles. The summed E-state index contributed by atoms with van der Waals surface area (Å²) in [5.41, 5.74) is -0.0805. The summed E-state index contributed by atoms with van der Waals surface area (Å²) in [7, 11) is 0. The first-order valence-electron chi connectivity index (χ1n) is 7.42. The fraction of sp³-hybridized carbons (Fsp3) is 0.500. The zero-order chi connectivity index (χ0) is 16.3. The van der Waals surface area contributed by atoms with E-state index >= 15 is 0 Å². The highest BCUT2D eigenvalue weighted by molar-refractivity contribution is 5.87. The van der Waals surface area contributed by atoms with Crippen LogP contribution in [0.2, 0.25) is 0 Å². The first kappa shape index (κ1) is 16.4. The zero-order valence-corrected chi connectivity index (χ0v) is 12.3. The smallest absolute Gasteiger partial charge is 0.326 e. The largest absolute Gasteiger partial charge is 0.480 e. The number of unbranched alkanes of at least 4 members (excludes halogenated alkanes) is 1. The van der Waals surface area contributed by atoms with Gasteiger partial charge >= 0.3 is 5.97 Å². The van der Waals surface area contributed by atoms with Crippen molar-refractivity contribution in [2.75, 3.05) is 0 Å². The molecule has 1 aromatic rings. The van der Waals surface area contributed by atoms with E-state index in [2.05, 4.69) is 5.32 Å². The highest BCUT2D eigenvalue weighted by Gasteiger charge is 2.47. The molecule has 1 fully saturated rings. The number of halogens is 2. The molecule has 0 heterocycles. The van der Waals surface area contributed by atoms with Crippen LogP contribution in [-0.4, -0.2) is 23.0 Å². The van der Waals surface area contributed by atoms with E-state index in [4.69, 9.17) is 5.11 Å². The van der Waals surface area contributed by atoms with Crippen LogP contribution in [0.1, 0.15) is 44.1 Å². The van der Waals surface area contributed by atoms with E-state index in [9.17, 15) is 18.4 Å². The molecule has 0 bridgehead atoms. The molecule has 0 saturated heterocycles. The maximum Gasteiger partial charge on any atom is 0.326 e. The van der Waals surface area contributed by atoms with E-state index in [-0.39, 0.29) is 5.56 Å². The van der Waals surface area contributed by atoms with Gasteiger partial charge in [0.15, 0.2) is 0 Å². The van der Waals surface area contributed by atoms with Crippen LogP contribution in [0.25, 0.3) is 0 Å². The highest BCUT2D eigenvalue weighted by atomic mass is 19.1. The van der Waals surface area contributed by atoms with E-state index in [0.717, 1.165) is 18.6 Å². The molecule has 2 rings (SSSR count). The summed E-state index contributed by atoms with van der Waals surface area (Å²) in [5.74, 6) is -3.94. The van der Waals surface area contributed by atoms with Gasteiger partial charge < -0.3 is 10.4 Å². The molecule has 22 heavy (non-hydrogen) atoms. The Morgan fingerprint density at radius 2 is 2.00 bits per heavy atom. The van der Waals surface area contributed by atoms with Gasteiger partial charge in [-0.1, -0.05) is 25.8 Å². The van der Waals surface area contributed by atoms with Gasteiger partial charge in [-0.25, -0.2) is 13.6 Å². The number of carbonyl (C=O) groups is 2. The predicted molar refractivity (Wildman–Crippen MR) is 76.3 cm³/mol. The average Bonchev–Trinajstić information content (AvgIpc) is 3.23. The van der Waals surface area contributed by atoms with Crippen LogP contribution in [0.15, 0.2) is 18.2 Å². The van der Waals surface area contributed by atoms with Crippen molar-refractivity contribution in [3.63, 3.8) is 0 Å². The lowest BCUT2D eigenvalue weighted by molar-refractivity contribution is -0.142. The first-order chi connectivity index (χ1) is 10.5. The maximum atomic E-state index is 13.7. The van der Waals surface area contributed by atoms with Crippen molar-refractivity contribution in [3.8, 4) is 0 Å². The summed E-state index contributed by atoms with van der Waals surface area (Å²) in [4.78, 5) is 23.2. The van der Waals surface area contributed by atoms with Crippen molar-refractivity contribution in [3.05, 3.63) is 35.4 Å². The summed E-state index contributed by atoms with van der Waals surface area (Å²) in [5, 5.41) is 11.6. The van der Waals surface area contributed by atoms with Gasteiger partial charge in [-0.05, 0) is 25.0 Å². The number of amides is 1. The minimum atomic E-state index is -1.09. The molecule has 6 heteroatoms. The lowest BCUT2D eigenvalue weighted by Gasteiger charge is -2.14. The number of carboxylic acids is 1. The van der Waals surface area contributed by atoms with Crippen LogP contribution in [0.5, 0.6) is 0 Å². The van der Waals surface area contributed by atoms with Crippen molar-refractivity contribution >= 4 is 11.9 Å². The summed E-state index contributed by atoms with van der Waals surface area (Å²) in [6.07, 6.45) is 2.20. The third-order valence-corrected chi connectivity index (χ3v) is 3.96. The predicted octanol–water partition coefficient (Wildman–Crippen LogP) is 2.83. The summed E-state index contributed by atoms with van der Waals surface area (Å²) >= 11 is 0. The fourth-order valence-corrected chi connectivity index (χ4v) is 2.61. The lowest BCUT2D eigenvalue weighted by Crippen LogP contribution is -2.41. The van der Waals surface area contributed by atoms with Gasteiger partial charge in [-0.15, -0.1) is 0 Å². The Hall–Kier alpha value is -1.98. The molecule has 0 aliphatic heterocycles. The van der Waals surface area contributed by atoms with Gasteiger partial charge in [0.05, 0.1) is 0 Å². The number of rotatable bonds is 7. The van der Waals surface area contributed by atoms with Gasteiger partial charge in [-0.2, -0.15) is 0 Å². The number of benzene rings is 1. The topological polar surface area (TPSA) is 66.4 Å². The molecular weight excluding hydrogens is 292 g/mol. The molecule has 4 nitrogen and oxygen atoms in total. The van der Waals surface area contributed by atoms with E-state index < -0.39 is 41.4 Å². The van der Waals surface area contributed by atoms with E-state index in [0.29, 0.717) is 19.3 Å². The van der Waals surface area contributed by atoms with Crippen molar-refractivity contribution in [1.29, 1.82) is 0 Å². The second-order valence-corrected chi connectivity index (χ2v) is 5.63. The lowest BCUT2D eigenvalue weighted by atomic mass is 10.1. The molecule has 1 saturated carbocycles. The quantitative estimate of drug-likeness (QED) is 0.814. The van der Waals surface area contributed by atoms with Gasteiger partial charge in [0.1, 0.15) is 17.7 Å². The number of nitrogens with one attached hydrogen (secondary N) is 1. The summed E-state index contributed by atoms with van der Waals surface area (Å²) in [6.45, 7) is 1.93. The van der Waals surface area contributed by atoms with Crippen LogP contribution >= 0.6 is 0 Å². The van der Waals surface area contributed by atoms with E-state index in [1.807, 2.05) is 6.92 Å². The number of hydrogen-bond acceptors (Lipinski definition) is 2. The van der Waals surface area contributed by atoms with Crippen molar-refractivity contribution in [1.82, 2.24) is 5.32 Å². The van der Waals surface area contributed by atoms with E-state index in [1.54, 1.807) is 0 Å². The van der Waals surface area contributed by atoms with Crippen LogP contribution in [0.4, 0.5) is 8.78 Å². The Labute approximate surface area is 127 Å². The molecule has 0 radical (unpaired) electrons. The highest BCUT2D eigenvalue weighted by Crippen LogP contribution is 2.49. The van der Waals surface area contributed by atoms with Crippen molar-refractivity contribution in [2.24, 2.45) is 5.92 Å². The molecule has 1 amide bonds. The number of aliphatic carboxylic acids is 1.